The van der Waals surface area contributed by atoms with Crippen molar-refractivity contribution >= 4 is 5.91 Å². The summed E-state index contributed by atoms with van der Waals surface area (Å²) in [5.74, 6) is 3.94. The van der Waals surface area contributed by atoms with E-state index in [0.717, 1.165) is 73.6 Å². The first-order chi connectivity index (χ1) is 24.4. The number of carbonyl (C=O) groups is 1. The van der Waals surface area contributed by atoms with Gasteiger partial charge in [-0.05, 0) is 96.0 Å². The Hall–Kier alpha value is -3.62. The van der Waals surface area contributed by atoms with Crippen LogP contribution in [0.2, 0.25) is 0 Å². The third kappa shape index (κ3) is 9.07. The van der Waals surface area contributed by atoms with Crippen LogP contribution in [0.4, 0.5) is 0 Å². The molecule has 12 nitrogen and oxygen atoms in total. The predicted octanol–water partition coefficient (Wildman–Crippen LogP) is 2.89. The number of hydrogen-bond acceptors (Lipinski definition) is 11. The van der Waals surface area contributed by atoms with E-state index < -0.39 is 16.3 Å². The first-order valence-electron chi connectivity index (χ1n) is 17.4. The van der Waals surface area contributed by atoms with Gasteiger partial charge in [0.2, 0.25) is 5.91 Å². The maximum atomic E-state index is 14.2. The number of hydrogen-bond donors (Lipinski definition) is 4. The number of methoxy groups -OCH3 is 4. The Balaban J connectivity index is 0.000000943. The molecular formula is C38H52ClN3O9. The summed E-state index contributed by atoms with van der Waals surface area (Å²) in [5.41, 5.74) is 12.8. The summed E-state index contributed by atoms with van der Waals surface area (Å²) in [6.07, 6.45) is 5.27. The quantitative estimate of drug-likeness (QED) is 0.242. The molecule has 0 bridgehead atoms. The number of benzene rings is 3. The van der Waals surface area contributed by atoms with Crippen LogP contribution >= 0.6 is 0 Å². The Bertz CT molecular complexity index is 1630. The molecule has 5 unspecified atom stereocenters. The summed E-state index contributed by atoms with van der Waals surface area (Å²) in [5, 5.41) is 0. The molecule has 0 aliphatic carbocycles. The third-order valence-electron chi connectivity index (χ3n) is 10.7. The Morgan fingerprint density at radius 1 is 0.863 bits per heavy atom. The molecule has 51 heavy (non-hydrogen) atoms. The maximum absolute atomic E-state index is 14.2. The fraction of sp³-hybridized carbons (Fsp3) is 0.500. The number of ether oxygens (including phenoxy) is 4. The van der Waals surface area contributed by atoms with Crippen LogP contribution in [0.5, 0.6) is 23.0 Å². The van der Waals surface area contributed by atoms with Gasteiger partial charge in [-0.15, -0.1) is 0 Å². The second-order valence-electron chi connectivity index (χ2n) is 13.5. The zero-order chi connectivity index (χ0) is 36.9. The van der Waals surface area contributed by atoms with E-state index in [1.54, 1.807) is 28.4 Å². The molecule has 3 aliphatic heterocycles. The van der Waals surface area contributed by atoms with E-state index in [2.05, 4.69) is 41.0 Å². The number of halogens is 1. The van der Waals surface area contributed by atoms with Crippen molar-refractivity contribution in [3.05, 3.63) is 82.4 Å². The molecule has 0 saturated carbocycles. The molecule has 280 valence electrons. The zero-order valence-corrected chi connectivity index (χ0v) is 30.8. The van der Waals surface area contributed by atoms with Gasteiger partial charge in [-0.25, -0.2) is 0 Å². The fourth-order valence-electron chi connectivity index (χ4n) is 8.26. The Morgan fingerprint density at radius 2 is 1.39 bits per heavy atom. The number of carbonyl (C=O) groups excluding carboxylic acids is 1. The molecule has 5 atom stereocenters. The van der Waals surface area contributed by atoms with Gasteiger partial charge in [-0.3, -0.25) is 9.69 Å². The normalized spacial score (nSPS) is 22.3. The van der Waals surface area contributed by atoms with Crippen molar-refractivity contribution in [2.24, 2.45) is 17.6 Å². The van der Waals surface area contributed by atoms with E-state index in [4.69, 9.17) is 43.3 Å². The number of nitrogens with zero attached hydrogens (tertiary/aromatic N) is 2. The van der Waals surface area contributed by atoms with Crippen molar-refractivity contribution in [3.8, 4) is 23.0 Å². The van der Waals surface area contributed by atoms with Gasteiger partial charge in [0.15, 0.2) is 23.0 Å². The minimum atomic E-state index is -4.19. The van der Waals surface area contributed by atoms with E-state index in [0.29, 0.717) is 36.6 Å². The van der Waals surface area contributed by atoms with Crippen molar-refractivity contribution < 1.29 is 52.6 Å². The van der Waals surface area contributed by atoms with E-state index >= 15 is 0 Å². The van der Waals surface area contributed by atoms with Crippen LogP contribution in [0.3, 0.4) is 0 Å². The van der Waals surface area contributed by atoms with Crippen LogP contribution in [0.25, 0.3) is 0 Å². The van der Waals surface area contributed by atoms with E-state index in [9.17, 15) is 4.79 Å². The van der Waals surface area contributed by atoms with E-state index in [1.165, 1.54) is 16.7 Å². The average Bonchev–Trinajstić information content (AvgIpc) is 3.12. The van der Waals surface area contributed by atoms with Gasteiger partial charge >= 0.3 is 28.9 Å². The molecule has 3 aromatic carbocycles. The predicted molar refractivity (Wildman–Crippen MR) is 187 cm³/mol. The van der Waals surface area contributed by atoms with Crippen molar-refractivity contribution in [2.45, 2.75) is 63.6 Å². The van der Waals surface area contributed by atoms with Gasteiger partial charge in [-0.2, -0.15) is 0 Å². The second kappa shape index (κ2) is 16.8. The Morgan fingerprint density at radius 3 is 1.96 bits per heavy atom. The Kier molecular flexibility index (Phi) is 12.7. The summed E-state index contributed by atoms with van der Waals surface area (Å²) >= 11 is 0. The van der Waals surface area contributed by atoms with Gasteiger partial charge in [0.1, 0.15) is 0 Å². The second-order valence-corrected chi connectivity index (χ2v) is 14.4. The van der Waals surface area contributed by atoms with Crippen LogP contribution < -0.4 is 29.3 Å². The molecule has 0 radical (unpaired) electrons. The van der Waals surface area contributed by atoms with Crippen LogP contribution in [-0.4, -0.2) is 83.8 Å². The van der Waals surface area contributed by atoms with Crippen LogP contribution in [-0.2, 0) is 24.1 Å². The molecule has 0 spiro atoms. The zero-order valence-electron chi connectivity index (χ0n) is 30.1. The number of fused-ring (bicyclic) bond motifs is 4. The monoisotopic (exact) mass is 729 g/mol. The SMILES string of the molecule is CCC1CN2CCc3cc(OC)c(OC)cc3C2CC1CC1c2cc(OC)c(OC)cc2CCN1C(=O)C(N)Cc1ccccc1.[O-][Cl+](O)(O)O. The summed E-state index contributed by atoms with van der Waals surface area (Å²) in [6.45, 7) is 5.03. The first kappa shape index (κ1) is 38.6. The summed E-state index contributed by atoms with van der Waals surface area (Å²) in [4.78, 5) is 19.0. The van der Waals surface area contributed by atoms with Crippen molar-refractivity contribution in [2.75, 3.05) is 48.1 Å². The first-order valence-corrected chi connectivity index (χ1v) is 18.7. The fourth-order valence-corrected chi connectivity index (χ4v) is 8.26. The number of piperidine rings is 1. The number of amides is 1. The van der Waals surface area contributed by atoms with Crippen molar-refractivity contribution in [1.82, 2.24) is 9.80 Å². The summed E-state index contributed by atoms with van der Waals surface area (Å²) < 4.78 is 53.1. The van der Waals surface area contributed by atoms with E-state index in [-0.39, 0.29) is 11.9 Å². The number of rotatable bonds is 10. The molecule has 3 heterocycles. The van der Waals surface area contributed by atoms with Crippen LogP contribution in [0, 0.1) is 22.1 Å². The van der Waals surface area contributed by atoms with Crippen LogP contribution in [0.1, 0.15) is 66.1 Å². The van der Waals surface area contributed by atoms with Crippen LogP contribution in [0.15, 0.2) is 54.6 Å². The van der Waals surface area contributed by atoms with E-state index in [1.807, 2.05) is 30.3 Å². The van der Waals surface area contributed by atoms with Gasteiger partial charge in [0.05, 0.1) is 40.5 Å². The van der Waals surface area contributed by atoms with Gasteiger partial charge in [0, 0.05) is 25.7 Å². The number of nitrogens with two attached hydrogens (primary N) is 1. The molecule has 1 fully saturated rings. The summed E-state index contributed by atoms with van der Waals surface area (Å²) in [6, 6.07) is 18.2. The standard InChI is InChI=1S/C38H49N3O5.ClH3O4/c1-6-25-23-40-14-12-26-19-34(43-2)36(45-4)21-29(26)32(40)17-28(25)18-33-30-22-37(46-5)35(44-3)20-27(30)13-15-41(33)38(42)31(39)16-24-10-8-7-9-11-24;2-1(3,4)5/h7-11,19-22,25,28,31-33H,6,12-18,23,39H2,1-5H3;2-4H. The molecule has 3 aromatic rings. The summed E-state index contributed by atoms with van der Waals surface area (Å²) in [7, 11) is 2.56. The topological polar surface area (TPSA) is 170 Å². The molecule has 0 aromatic heterocycles. The molecule has 13 heteroatoms. The van der Waals surface area contributed by atoms with Gasteiger partial charge in [-0.1, -0.05) is 43.7 Å². The van der Waals surface area contributed by atoms with Gasteiger partial charge in [0.25, 0.3) is 0 Å². The molecule has 3 aliphatic rings. The molecular weight excluding hydrogens is 678 g/mol. The molecule has 6 rings (SSSR count). The Labute approximate surface area is 302 Å². The molecule has 1 saturated heterocycles. The third-order valence-corrected chi connectivity index (χ3v) is 10.7. The van der Waals surface area contributed by atoms with Crippen molar-refractivity contribution in [1.29, 1.82) is 0 Å². The molecule has 5 N–H and O–H groups in total. The minimum absolute atomic E-state index is 0.0135. The average molecular weight is 730 g/mol. The molecule has 1 amide bonds. The van der Waals surface area contributed by atoms with Gasteiger partial charge < -0.3 is 29.6 Å². The van der Waals surface area contributed by atoms with Crippen molar-refractivity contribution in [3.63, 3.8) is 0 Å².